The minimum absolute atomic E-state index is 0. The van der Waals surface area contributed by atoms with E-state index < -0.39 is 10.2 Å². The molecule has 2 saturated heterocycles. The third kappa shape index (κ3) is 2.93. The summed E-state index contributed by atoms with van der Waals surface area (Å²) in [5, 5.41) is 3.33. The number of rotatable bonds is 2. The van der Waals surface area contributed by atoms with E-state index in [1.54, 1.807) is 18.4 Å². The zero-order valence-corrected chi connectivity index (χ0v) is 12.1. The predicted octanol–water partition coefficient (Wildman–Crippen LogP) is 0.290. The van der Waals surface area contributed by atoms with Gasteiger partial charge in [-0.3, -0.25) is 0 Å². The van der Waals surface area contributed by atoms with E-state index in [1.807, 2.05) is 0 Å². The number of piperidine rings is 1. The van der Waals surface area contributed by atoms with E-state index in [0.717, 1.165) is 32.4 Å². The quantitative estimate of drug-likeness (QED) is 0.793. The highest BCUT2D eigenvalue weighted by Crippen LogP contribution is 2.39. The van der Waals surface area contributed by atoms with Crippen LogP contribution in [0.3, 0.4) is 0 Å². The largest absolute Gasteiger partial charge is 0.317 e. The highest BCUT2D eigenvalue weighted by molar-refractivity contribution is 7.86. The van der Waals surface area contributed by atoms with Gasteiger partial charge in [0.25, 0.3) is 10.2 Å². The van der Waals surface area contributed by atoms with Gasteiger partial charge in [-0.2, -0.15) is 17.0 Å². The Morgan fingerprint density at radius 2 is 1.76 bits per heavy atom. The number of halogens is 1. The first kappa shape index (κ1) is 15.2. The molecule has 2 heterocycles. The molecule has 0 aliphatic carbocycles. The molecule has 1 spiro atoms. The smallest absolute Gasteiger partial charge is 0.281 e. The Labute approximate surface area is 110 Å². The van der Waals surface area contributed by atoms with Gasteiger partial charge >= 0.3 is 0 Å². The van der Waals surface area contributed by atoms with Crippen molar-refractivity contribution in [2.75, 3.05) is 40.3 Å². The van der Waals surface area contributed by atoms with Crippen molar-refractivity contribution in [2.24, 2.45) is 5.41 Å². The minimum atomic E-state index is -3.21. The minimum Gasteiger partial charge on any atom is -0.317 e. The van der Waals surface area contributed by atoms with Crippen LogP contribution in [-0.4, -0.2) is 57.3 Å². The van der Waals surface area contributed by atoms with Crippen LogP contribution in [0.4, 0.5) is 0 Å². The van der Waals surface area contributed by atoms with E-state index in [4.69, 9.17) is 0 Å². The van der Waals surface area contributed by atoms with Gasteiger partial charge in [0.2, 0.25) is 0 Å². The molecule has 17 heavy (non-hydrogen) atoms. The van der Waals surface area contributed by atoms with Crippen LogP contribution in [0.25, 0.3) is 0 Å². The lowest BCUT2D eigenvalue weighted by molar-refractivity contribution is 0.217. The summed E-state index contributed by atoms with van der Waals surface area (Å²) >= 11 is 0. The molecule has 0 saturated carbocycles. The van der Waals surface area contributed by atoms with Gasteiger partial charge in [0.05, 0.1) is 0 Å². The van der Waals surface area contributed by atoms with Crippen molar-refractivity contribution in [3.63, 3.8) is 0 Å². The Balaban J connectivity index is 0.00000144. The monoisotopic (exact) mass is 283 g/mol. The molecule has 102 valence electrons. The first-order valence-electron chi connectivity index (χ1n) is 5.85. The van der Waals surface area contributed by atoms with Crippen LogP contribution in [0.5, 0.6) is 0 Å². The van der Waals surface area contributed by atoms with Crippen LogP contribution >= 0.6 is 12.4 Å². The Bertz CT molecular complexity index is 353. The summed E-state index contributed by atoms with van der Waals surface area (Å²) in [6, 6.07) is 0. The van der Waals surface area contributed by atoms with Crippen LogP contribution in [0, 0.1) is 5.41 Å². The van der Waals surface area contributed by atoms with Gasteiger partial charge in [0, 0.05) is 27.2 Å². The Kier molecular flexibility index (Phi) is 4.82. The Morgan fingerprint density at radius 1 is 1.18 bits per heavy atom. The normalized spacial score (nSPS) is 25.1. The first-order valence-corrected chi connectivity index (χ1v) is 7.24. The molecule has 1 N–H and O–H groups in total. The topological polar surface area (TPSA) is 52.7 Å². The van der Waals surface area contributed by atoms with Crippen molar-refractivity contribution in [1.82, 2.24) is 13.9 Å². The molecule has 0 aromatic rings. The van der Waals surface area contributed by atoms with Crippen molar-refractivity contribution in [2.45, 2.75) is 19.3 Å². The predicted molar refractivity (Wildman–Crippen MR) is 70.6 cm³/mol. The first-order chi connectivity index (χ1) is 7.46. The van der Waals surface area contributed by atoms with Crippen molar-refractivity contribution in [3.05, 3.63) is 0 Å². The fraction of sp³-hybridized carbons (Fsp3) is 1.00. The second-order valence-electron chi connectivity index (χ2n) is 5.12. The lowest BCUT2D eigenvalue weighted by Crippen LogP contribution is -2.42. The molecule has 0 radical (unpaired) electrons. The van der Waals surface area contributed by atoms with E-state index in [9.17, 15) is 8.42 Å². The maximum atomic E-state index is 12.0. The Morgan fingerprint density at radius 3 is 2.29 bits per heavy atom. The van der Waals surface area contributed by atoms with Crippen molar-refractivity contribution >= 4 is 22.6 Å². The third-order valence-electron chi connectivity index (χ3n) is 3.86. The Hall–Kier alpha value is 0.120. The molecule has 0 unspecified atom stereocenters. The van der Waals surface area contributed by atoms with Gasteiger partial charge in [-0.15, -0.1) is 12.4 Å². The number of hydrogen-bond donors (Lipinski definition) is 1. The summed E-state index contributed by atoms with van der Waals surface area (Å²) in [4.78, 5) is 0. The standard InChI is InChI=1S/C10H21N3O2S.ClH/c1-12(2)16(14,15)13-8-5-10(9-13)3-6-11-7-4-10;/h11H,3-9H2,1-2H3;1H. The second kappa shape index (κ2) is 5.40. The molecule has 5 nitrogen and oxygen atoms in total. The highest BCUT2D eigenvalue weighted by Gasteiger charge is 2.43. The molecule has 2 rings (SSSR count). The fourth-order valence-electron chi connectivity index (χ4n) is 2.69. The van der Waals surface area contributed by atoms with E-state index in [1.165, 1.54) is 4.31 Å². The maximum absolute atomic E-state index is 12.0. The number of hydrogen-bond acceptors (Lipinski definition) is 3. The van der Waals surface area contributed by atoms with Gasteiger partial charge in [-0.1, -0.05) is 0 Å². The molecule has 0 bridgehead atoms. The van der Waals surface area contributed by atoms with Crippen LogP contribution in [0.1, 0.15) is 19.3 Å². The van der Waals surface area contributed by atoms with Gasteiger partial charge in [0.1, 0.15) is 0 Å². The van der Waals surface area contributed by atoms with Crippen LogP contribution in [-0.2, 0) is 10.2 Å². The molecule has 0 aromatic heterocycles. The van der Waals surface area contributed by atoms with Crippen molar-refractivity contribution in [1.29, 1.82) is 0 Å². The summed E-state index contributed by atoms with van der Waals surface area (Å²) in [7, 11) is -0.00581. The molecule has 0 amide bonds. The maximum Gasteiger partial charge on any atom is 0.281 e. The summed E-state index contributed by atoms with van der Waals surface area (Å²) in [6.07, 6.45) is 3.22. The van der Waals surface area contributed by atoms with Crippen LogP contribution < -0.4 is 5.32 Å². The molecule has 7 heteroatoms. The number of nitrogens with zero attached hydrogens (tertiary/aromatic N) is 2. The lowest BCUT2D eigenvalue weighted by atomic mass is 9.78. The lowest BCUT2D eigenvalue weighted by Gasteiger charge is -2.33. The van der Waals surface area contributed by atoms with Gasteiger partial charge in [-0.05, 0) is 37.8 Å². The summed E-state index contributed by atoms with van der Waals surface area (Å²) < 4.78 is 26.9. The average molecular weight is 284 g/mol. The average Bonchev–Trinajstić information content (AvgIpc) is 2.64. The molecule has 2 fully saturated rings. The van der Waals surface area contributed by atoms with Gasteiger partial charge in [0.15, 0.2) is 0 Å². The molecule has 0 atom stereocenters. The van der Waals surface area contributed by atoms with Gasteiger partial charge in [-0.25, -0.2) is 0 Å². The molecule has 2 aliphatic rings. The summed E-state index contributed by atoms with van der Waals surface area (Å²) in [5.41, 5.74) is 0.244. The zero-order valence-electron chi connectivity index (χ0n) is 10.5. The van der Waals surface area contributed by atoms with Crippen LogP contribution in [0.2, 0.25) is 0 Å². The molecular weight excluding hydrogens is 262 g/mol. The molecular formula is C10H22ClN3O2S. The second-order valence-corrected chi connectivity index (χ2v) is 7.27. The van der Waals surface area contributed by atoms with Crippen molar-refractivity contribution in [3.8, 4) is 0 Å². The number of nitrogens with one attached hydrogen (secondary N) is 1. The summed E-state index contributed by atoms with van der Waals surface area (Å²) in [6.45, 7) is 3.43. The van der Waals surface area contributed by atoms with E-state index >= 15 is 0 Å². The van der Waals surface area contributed by atoms with E-state index in [0.29, 0.717) is 13.1 Å². The molecule has 2 aliphatic heterocycles. The third-order valence-corrected chi connectivity index (χ3v) is 5.74. The fourth-order valence-corrected chi connectivity index (χ4v) is 3.91. The highest BCUT2D eigenvalue weighted by atomic mass is 35.5. The molecule has 0 aromatic carbocycles. The van der Waals surface area contributed by atoms with Gasteiger partial charge < -0.3 is 5.32 Å². The van der Waals surface area contributed by atoms with E-state index in [-0.39, 0.29) is 17.8 Å². The summed E-state index contributed by atoms with van der Waals surface area (Å²) in [5.74, 6) is 0. The van der Waals surface area contributed by atoms with Crippen LogP contribution in [0.15, 0.2) is 0 Å². The SMILES string of the molecule is CN(C)S(=O)(=O)N1CCC2(CCNCC2)C1.Cl. The zero-order chi connectivity index (χ0) is 11.8. The van der Waals surface area contributed by atoms with E-state index in [2.05, 4.69) is 5.32 Å². The van der Waals surface area contributed by atoms with Crippen molar-refractivity contribution < 1.29 is 8.42 Å².